The molecule has 3 atom stereocenters. The predicted molar refractivity (Wildman–Crippen MR) is 122 cm³/mol. The number of likely N-dealkylation sites (tertiary alicyclic amines) is 1. The first-order valence-electron chi connectivity index (χ1n) is 10.5. The van der Waals surface area contributed by atoms with Gasteiger partial charge in [0.2, 0.25) is 11.8 Å². The third-order valence-corrected chi connectivity index (χ3v) is 5.70. The fourth-order valence-electron chi connectivity index (χ4n) is 3.60. The smallest absolute Gasteiger partial charge is 0.305 e. The highest BCUT2D eigenvalue weighted by molar-refractivity contribution is 6.33. The zero-order valence-corrected chi connectivity index (χ0v) is 19.5. The number of nitrogen functional groups attached to an aromatic ring is 1. The molecule has 0 radical (unpaired) electrons. The van der Waals surface area contributed by atoms with Gasteiger partial charge in [-0.2, -0.15) is 0 Å². The van der Waals surface area contributed by atoms with Crippen LogP contribution < -0.4 is 16.4 Å². The predicted octanol–water partition coefficient (Wildman–Crippen LogP) is 1.22. The zero-order chi connectivity index (χ0) is 24.9. The second-order valence-electron chi connectivity index (χ2n) is 9.05. The van der Waals surface area contributed by atoms with E-state index in [-0.39, 0.29) is 17.1 Å². The molecule has 5 N–H and O–H groups in total. The van der Waals surface area contributed by atoms with E-state index in [1.165, 1.54) is 23.1 Å². The lowest BCUT2D eigenvalue weighted by Crippen LogP contribution is -2.58. The standard InChI is InChI=1S/C22H29ClN4O6/c1-22(2,3)18(26-19(31)12-6-7-15(24)14(23)9-12)21(33)27-8-4-5-16(27)20(32)25-13(11-28)10-17(29)30/h6-7,9,11,13,16,18H,4-5,8,10,24H2,1-3H3,(H,25,32)(H,26,31)(H,29,30)/t13?,16-,18?/m0/s1. The number of nitrogens with two attached hydrogens (primary N) is 1. The lowest BCUT2D eigenvalue weighted by atomic mass is 9.85. The Kier molecular flexibility index (Phi) is 8.43. The van der Waals surface area contributed by atoms with Gasteiger partial charge in [0, 0.05) is 12.1 Å². The quantitative estimate of drug-likeness (QED) is 0.321. The van der Waals surface area contributed by atoms with Crippen molar-refractivity contribution in [2.24, 2.45) is 5.41 Å². The number of aliphatic carboxylic acids is 1. The Balaban J connectivity index is 2.20. The highest BCUT2D eigenvalue weighted by atomic mass is 35.5. The number of carboxylic acids is 1. The highest BCUT2D eigenvalue weighted by Gasteiger charge is 2.42. The number of rotatable bonds is 8. The molecule has 3 amide bonds. The molecule has 1 aromatic rings. The van der Waals surface area contributed by atoms with Crippen molar-refractivity contribution in [3.05, 3.63) is 28.8 Å². The second-order valence-corrected chi connectivity index (χ2v) is 9.45. The van der Waals surface area contributed by atoms with Crippen molar-refractivity contribution in [2.45, 2.75) is 58.2 Å². The number of carbonyl (C=O) groups excluding carboxylic acids is 4. The fraction of sp³-hybridized carbons (Fsp3) is 0.500. The minimum Gasteiger partial charge on any atom is -0.481 e. The maximum absolute atomic E-state index is 13.4. The van der Waals surface area contributed by atoms with Gasteiger partial charge in [0.25, 0.3) is 5.91 Å². The number of halogens is 1. The Bertz CT molecular complexity index is 945. The molecule has 1 aromatic carbocycles. The van der Waals surface area contributed by atoms with Gasteiger partial charge >= 0.3 is 5.97 Å². The van der Waals surface area contributed by atoms with E-state index < -0.39 is 53.7 Å². The van der Waals surface area contributed by atoms with Crippen LogP contribution in [0.2, 0.25) is 5.02 Å². The van der Waals surface area contributed by atoms with E-state index in [4.69, 9.17) is 22.4 Å². The molecule has 1 aliphatic rings. The summed E-state index contributed by atoms with van der Waals surface area (Å²) in [6.45, 7) is 5.64. The average molecular weight is 481 g/mol. The third-order valence-electron chi connectivity index (χ3n) is 5.38. The second kappa shape index (κ2) is 10.7. The van der Waals surface area contributed by atoms with E-state index in [2.05, 4.69) is 10.6 Å². The molecule has 0 aromatic heterocycles. The summed E-state index contributed by atoms with van der Waals surface area (Å²) in [5, 5.41) is 14.2. The molecule has 0 aliphatic carbocycles. The number of carboxylic acid groups (broad SMARTS) is 1. The molecule has 33 heavy (non-hydrogen) atoms. The van der Waals surface area contributed by atoms with E-state index in [0.29, 0.717) is 24.8 Å². The van der Waals surface area contributed by atoms with E-state index >= 15 is 0 Å². The summed E-state index contributed by atoms with van der Waals surface area (Å²) in [6.07, 6.45) is 0.700. The van der Waals surface area contributed by atoms with E-state index in [0.717, 1.165) is 0 Å². The van der Waals surface area contributed by atoms with Crippen molar-refractivity contribution >= 4 is 47.3 Å². The van der Waals surface area contributed by atoms with Gasteiger partial charge in [0.15, 0.2) is 0 Å². The number of benzene rings is 1. The van der Waals surface area contributed by atoms with E-state index in [9.17, 15) is 24.0 Å². The third kappa shape index (κ3) is 6.67. The average Bonchev–Trinajstić information content (AvgIpc) is 3.21. The zero-order valence-electron chi connectivity index (χ0n) is 18.8. The normalized spacial score (nSPS) is 17.7. The van der Waals surface area contributed by atoms with Crippen LogP contribution in [0.4, 0.5) is 5.69 Å². The summed E-state index contributed by atoms with van der Waals surface area (Å²) in [5.74, 6) is -2.81. The van der Waals surface area contributed by atoms with Crippen LogP contribution in [-0.2, 0) is 19.2 Å². The molecule has 10 nitrogen and oxygen atoms in total. The summed E-state index contributed by atoms with van der Waals surface area (Å²) in [5.41, 5.74) is 5.55. The van der Waals surface area contributed by atoms with Crippen molar-refractivity contribution in [3.8, 4) is 0 Å². The molecule has 2 rings (SSSR count). The van der Waals surface area contributed by atoms with Gasteiger partial charge in [-0.3, -0.25) is 19.2 Å². The molecule has 180 valence electrons. The lowest BCUT2D eigenvalue weighted by molar-refractivity contribution is -0.143. The van der Waals surface area contributed by atoms with Gasteiger partial charge in [-0.25, -0.2) is 0 Å². The Hall–Kier alpha value is -3.14. The molecule has 0 saturated carbocycles. The summed E-state index contributed by atoms with van der Waals surface area (Å²) in [7, 11) is 0. The highest BCUT2D eigenvalue weighted by Crippen LogP contribution is 2.27. The van der Waals surface area contributed by atoms with Crippen molar-refractivity contribution in [2.75, 3.05) is 12.3 Å². The van der Waals surface area contributed by atoms with Gasteiger partial charge in [-0.15, -0.1) is 0 Å². The van der Waals surface area contributed by atoms with Crippen LogP contribution >= 0.6 is 11.6 Å². The number of carbonyl (C=O) groups is 5. The number of anilines is 1. The number of nitrogens with zero attached hydrogens (tertiary/aromatic N) is 1. The van der Waals surface area contributed by atoms with Crippen LogP contribution in [0.25, 0.3) is 0 Å². The monoisotopic (exact) mass is 480 g/mol. The van der Waals surface area contributed by atoms with Crippen LogP contribution in [0.15, 0.2) is 18.2 Å². The molecule has 1 fully saturated rings. The first kappa shape index (κ1) is 26.1. The molecule has 1 heterocycles. The number of hydrogen-bond acceptors (Lipinski definition) is 6. The van der Waals surface area contributed by atoms with Crippen LogP contribution in [0.3, 0.4) is 0 Å². The molecular weight excluding hydrogens is 452 g/mol. The van der Waals surface area contributed by atoms with E-state index in [1.807, 2.05) is 0 Å². The Labute approximate surface area is 196 Å². The first-order valence-corrected chi connectivity index (χ1v) is 10.9. The van der Waals surface area contributed by atoms with Crippen molar-refractivity contribution in [1.29, 1.82) is 0 Å². The van der Waals surface area contributed by atoms with Crippen LogP contribution in [0.5, 0.6) is 0 Å². The van der Waals surface area contributed by atoms with Gasteiger partial charge in [-0.1, -0.05) is 32.4 Å². The van der Waals surface area contributed by atoms with Crippen LogP contribution in [0, 0.1) is 5.41 Å². The minimum absolute atomic E-state index is 0.212. The molecule has 1 saturated heterocycles. The van der Waals surface area contributed by atoms with Crippen LogP contribution in [-0.4, -0.2) is 64.7 Å². The number of amides is 3. The maximum atomic E-state index is 13.4. The summed E-state index contributed by atoms with van der Waals surface area (Å²) >= 11 is 6.00. The van der Waals surface area contributed by atoms with Crippen molar-refractivity contribution in [1.82, 2.24) is 15.5 Å². The molecular formula is C22H29ClN4O6. The van der Waals surface area contributed by atoms with Crippen molar-refractivity contribution < 1.29 is 29.1 Å². The Morgan fingerprint density at radius 2 is 1.94 bits per heavy atom. The molecule has 0 spiro atoms. The molecule has 2 unspecified atom stereocenters. The summed E-state index contributed by atoms with van der Waals surface area (Å²) < 4.78 is 0. The molecule has 1 aliphatic heterocycles. The topological polar surface area (TPSA) is 159 Å². The van der Waals surface area contributed by atoms with Crippen molar-refractivity contribution in [3.63, 3.8) is 0 Å². The number of aldehydes is 1. The maximum Gasteiger partial charge on any atom is 0.305 e. The fourth-order valence-corrected chi connectivity index (χ4v) is 3.78. The summed E-state index contributed by atoms with van der Waals surface area (Å²) in [6, 6.07) is 1.37. The lowest BCUT2D eigenvalue weighted by Gasteiger charge is -2.35. The number of nitrogens with one attached hydrogen (secondary N) is 2. The largest absolute Gasteiger partial charge is 0.481 e. The molecule has 11 heteroatoms. The van der Waals surface area contributed by atoms with Gasteiger partial charge in [0.05, 0.1) is 23.2 Å². The summed E-state index contributed by atoms with van der Waals surface area (Å²) in [4.78, 5) is 62.4. The Morgan fingerprint density at radius 1 is 1.27 bits per heavy atom. The van der Waals surface area contributed by atoms with Gasteiger partial charge in [-0.05, 0) is 36.5 Å². The minimum atomic E-state index is -1.23. The van der Waals surface area contributed by atoms with Crippen LogP contribution in [0.1, 0.15) is 50.4 Å². The number of hydrogen-bond donors (Lipinski definition) is 4. The van der Waals surface area contributed by atoms with Gasteiger partial charge in [0.1, 0.15) is 18.4 Å². The first-order chi connectivity index (χ1) is 15.3. The van der Waals surface area contributed by atoms with Gasteiger partial charge < -0.3 is 31.2 Å². The SMILES string of the molecule is CC(C)(C)C(NC(=O)c1ccc(N)c(Cl)c1)C(=O)N1CCC[C@H]1C(=O)NC(C=O)CC(=O)O. The Morgan fingerprint density at radius 3 is 2.48 bits per heavy atom. The van der Waals surface area contributed by atoms with E-state index in [1.54, 1.807) is 20.8 Å². The molecule has 0 bridgehead atoms.